The van der Waals surface area contributed by atoms with Gasteiger partial charge in [0.15, 0.2) is 12.5 Å². The fraction of sp³-hybridized carbons (Fsp3) is 0.136. The van der Waals surface area contributed by atoms with Crippen LogP contribution in [0.1, 0.15) is 11.6 Å². The molecule has 14 nitrogen and oxygen atoms in total. The highest BCUT2D eigenvalue weighted by Crippen LogP contribution is 2.47. The molecule has 0 saturated heterocycles. The Bertz CT molecular complexity index is 1650. The second kappa shape index (κ2) is 11.8. The number of aromatic hydroxyl groups is 1. The second-order valence-corrected chi connectivity index (χ2v) is 9.88. The maximum atomic E-state index is 12.8. The average molecular weight is 578 g/mol. The molecule has 0 amide bonds. The van der Waals surface area contributed by atoms with Gasteiger partial charge in [0.05, 0.1) is 22.6 Å². The second-order valence-electron chi connectivity index (χ2n) is 7.75. The Balaban J connectivity index is 1.88. The molecule has 0 aliphatic carbocycles. The zero-order valence-corrected chi connectivity index (χ0v) is 21.8. The van der Waals surface area contributed by atoms with Crippen molar-refractivity contribution in [2.24, 2.45) is 10.2 Å². The SMILES string of the molecule is Cc1nc(C)nc(Nc2cccc3cc(SOOO)c(N=Nc4cc(NCF)ccc4S(=O)(=O)O)c(O)c23)n1. The van der Waals surface area contributed by atoms with Crippen molar-refractivity contribution >= 4 is 61.6 Å². The van der Waals surface area contributed by atoms with Gasteiger partial charge in [-0.3, -0.25) is 4.55 Å². The third kappa shape index (κ3) is 6.53. The molecule has 0 spiro atoms. The van der Waals surface area contributed by atoms with Crippen LogP contribution in [0.25, 0.3) is 10.8 Å². The van der Waals surface area contributed by atoms with Gasteiger partial charge in [-0.15, -0.1) is 14.6 Å². The summed E-state index contributed by atoms with van der Waals surface area (Å²) in [4.78, 5) is 12.1. The van der Waals surface area contributed by atoms with Crippen molar-refractivity contribution in [3.8, 4) is 5.75 Å². The fourth-order valence-corrected chi connectivity index (χ4v) is 4.71. The molecule has 204 valence electrons. The zero-order chi connectivity index (χ0) is 28.2. The third-order valence-corrected chi connectivity index (χ3v) is 6.62. The highest BCUT2D eigenvalue weighted by molar-refractivity contribution is 7.94. The predicted octanol–water partition coefficient (Wildman–Crippen LogP) is 5.52. The Morgan fingerprint density at radius 1 is 1.08 bits per heavy atom. The van der Waals surface area contributed by atoms with Gasteiger partial charge >= 0.3 is 0 Å². The van der Waals surface area contributed by atoms with E-state index in [4.69, 9.17) is 5.26 Å². The highest BCUT2D eigenvalue weighted by Gasteiger charge is 2.20. The van der Waals surface area contributed by atoms with Gasteiger partial charge in [0, 0.05) is 11.1 Å². The van der Waals surface area contributed by atoms with Crippen LogP contribution in [-0.2, 0) is 19.5 Å². The first-order chi connectivity index (χ1) is 18.6. The Morgan fingerprint density at radius 2 is 1.82 bits per heavy atom. The lowest BCUT2D eigenvalue weighted by Crippen LogP contribution is -2.03. The van der Waals surface area contributed by atoms with Crippen LogP contribution in [0.3, 0.4) is 0 Å². The maximum Gasteiger partial charge on any atom is 0.296 e. The number of aromatic nitrogens is 3. The zero-order valence-electron chi connectivity index (χ0n) is 20.2. The summed E-state index contributed by atoms with van der Waals surface area (Å²) in [6, 6.07) is 9.95. The highest BCUT2D eigenvalue weighted by atomic mass is 32.2. The van der Waals surface area contributed by atoms with Crippen LogP contribution in [0.4, 0.5) is 33.1 Å². The first-order valence-corrected chi connectivity index (χ1v) is 13.0. The number of phenols is 1. The number of nitrogens with one attached hydrogen (secondary N) is 2. The molecule has 17 heteroatoms. The number of aryl methyl sites for hydroxylation is 2. The number of halogens is 1. The molecule has 0 saturated carbocycles. The minimum Gasteiger partial charge on any atom is -0.505 e. The van der Waals surface area contributed by atoms with Crippen molar-refractivity contribution in [3.05, 3.63) is 54.1 Å². The largest absolute Gasteiger partial charge is 0.505 e. The summed E-state index contributed by atoms with van der Waals surface area (Å²) in [6.07, 6.45) is 0. The molecule has 0 atom stereocenters. The number of azo groups is 1. The van der Waals surface area contributed by atoms with Crippen LogP contribution >= 0.6 is 12.0 Å². The monoisotopic (exact) mass is 577 g/mol. The molecular weight excluding hydrogens is 557 g/mol. The van der Waals surface area contributed by atoms with Gasteiger partial charge in [0.1, 0.15) is 27.9 Å². The first kappa shape index (κ1) is 28.0. The van der Waals surface area contributed by atoms with E-state index >= 15 is 0 Å². The van der Waals surface area contributed by atoms with Crippen LogP contribution in [0.5, 0.6) is 5.75 Å². The van der Waals surface area contributed by atoms with Gasteiger partial charge in [-0.1, -0.05) is 17.2 Å². The van der Waals surface area contributed by atoms with Crippen LogP contribution in [0, 0.1) is 13.8 Å². The number of alkyl halides is 1. The predicted molar refractivity (Wildman–Crippen MR) is 139 cm³/mol. The quantitative estimate of drug-likeness (QED) is 0.0394. The fourth-order valence-electron chi connectivity index (χ4n) is 3.61. The molecule has 0 aliphatic heterocycles. The smallest absolute Gasteiger partial charge is 0.296 e. The van der Waals surface area contributed by atoms with E-state index in [0.717, 1.165) is 12.1 Å². The van der Waals surface area contributed by atoms with Gasteiger partial charge in [-0.25, -0.2) is 14.6 Å². The van der Waals surface area contributed by atoms with Crippen LogP contribution in [-0.4, -0.2) is 45.1 Å². The van der Waals surface area contributed by atoms with Crippen molar-refractivity contribution in [1.82, 2.24) is 15.0 Å². The molecule has 5 N–H and O–H groups in total. The van der Waals surface area contributed by atoms with Gasteiger partial charge < -0.3 is 15.7 Å². The van der Waals surface area contributed by atoms with Crippen LogP contribution in [0.15, 0.2) is 62.5 Å². The lowest BCUT2D eigenvalue weighted by molar-refractivity contribution is -0.432. The van der Waals surface area contributed by atoms with Gasteiger partial charge in [-0.2, -0.15) is 18.4 Å². The van der Waals surface area contributed by atoms with Crippen molar-refractivity contribution in [1.29, 1.82) is 0 Å². The molecule has 4 aromatic rings. The number of phenolic OH excluding ortho intramolecular Hbond substituents is 1. The van der Waals surface area contributed by atoms with Gasteiger partial charge in [-0.05, 0) is 49.6 Å². The minimum absolute atomic E-state index is 0.105. The van der Waals surface area contributed by atoms with Crippen molar-refractivity contribution < 1.29 is 37.1 Å². The molecule has 0 fully saturated rings. The van der Waals surface area contributed by atoms with Crippen molar-refractivity contribution in [2.45, 2.75) is 23.6 Å². The Morgan fingerprint density at radius 3 is 2.49 bits per heavy atom. The molecule has 0 radical (unpaired) electrons. The van der Waals surface area contributed by atoms with Crippen LogP contribution in [0.2, 0.25) is 0 Å². The Hall–Kier alpha value is -4.00. The van der Waals surface area contributed by atoms with Crippen LogP contribution < -0.4 is 10.6 Å². The topological polar surface area (TPSA) is 201 Å². The minimum atomic E-state index is -4.74. The summed E-state index contributed by atoms with van der Waals surface area (Å²) in [5.74, 6) is 0.753. The van der Waals surface area contributed by atoms with E-state index in [1.165, 1.54) is 12.1 Å². The number of nitrogens with zero attached hydrogens (tertiary/aromatic N) is 5. The van der Waals surface area contributed by atoms with Gasteiger partial charge in [0.25, 0.3) is 10.1 Å². The van der Waals surface area contributed by atoms with E-state index in [1.54, 1.807) is 32.0 Å². The maximum absolute atomic E-state index is 12.8. The molecule has 0 aliphatic rings. The Labute approximate surface area is 224 Å². The van der Waals surface area contributed by atoms with Crippen molar-refractivity contribution in [2.75, 3.05) is 17.4 Å². The summed E-state index contributed by atoms with van der Waals surface area (Å²) in [5, 5.41) is 37.6. The molecule has 0 unspecified atom stereocenters. The van der Waals surface area contributed by atoms with E-state index in [0.29, 0.717) is 34.8 Å². The standard InChI is InChI=1S/C22H20FN7O7S2/c1-11-25-12(2)27-22(26-11)28-15-5-3-4-13-8-17(38-37-36-32)20(21(31)19(13)15)30-29-16-9-14(24-10-23)6-7-18(16)39(33,34)35/h3-9,24,31-32H,10H2,1-2H3,(H,33,34,35)(H,25,26,27,28). The molecule has 39 heavy (non-hydrogen) atoms. The number of rotatable bonds is 10. The van der Waals surface area contributed by atoms with Crippen molar-refractivity contribution in [3.63, 3.8) is 0 Å². The summed E-state index contributed by atoms with van der Waals surface area (Å²) in [7, 11) is -4.74. The molecule has 4 rings (SSSR count). The molecule has 1 heterocycles. The van der Waals surface area contributed by atoms with E-state index in [9.17, 15) is 22.5 Å². The lowest BCUT2D eigenvalue weighted by atomic mass is 10.1. The molecule has 0 bridgehead atoms. The summed E-state index contributed by atoms with van der Waals surface area (Å²) in [5.41, 5.74) is -0.0297. The lowest BCUT2D eigenvalue weighted by Gasteiger charge is -2.14. The number of hydrogen-bond acceptors (Lipinski definition) is 14. The first-order valence-electron chi connectivity index (χ1n) is 10.8. The van der Waals surface area contributed by atoms with E-state index in [-0.39, 0.29) is 33.3 Å². The van der Waals surface area contributed by atoms with E-state index < -0.39 is 27.6 Å². The summed E-state index contributed by atoms with van der Waals surface area (Å²) < 4.78 is 50.6. The number of benzene rings is 3. The third-order valence-electron chi connectivity index (χ3n) is 5.10. The molecule has 1 aromatic heterocycles. The normalized spacial score (nSPS) is 11.8. The Kier molecular flexibility index (Phi) is 8.48. The molecular formula is C22H20FN7O7S2. The number of anilines is 3. The van der Waals surface area contributed by atoms with E-state index in [1.807, 2.05) is 0 Å². The average Bonchev–Trinajstić information content (AvgIpc) is 2.86. The molecule has 3 aromatic carbocycles. The summed E-state index contributed by atoms with van der Waals surface area (Å²) in [6.45, 7) is 2.44. The van der Waals surface area contributed by atoms with E-state index in [2.05, 4.69) is 45.2 Å². The number of hydrogen-bond donors (Lipinski definition) is 5. The summed E-state index contributed by atoms with van der Waals surface area (Å²) >= 11 is 0.477. The number of fused-ring (bicyclic) bond motifs is 1. The van der Waals surface area contributed by atoms with Gasteiger partial charge in [0.2, 0.25) is 5.95 Å².